The summed E-state index contributed by atoms with van der Waals surface area (Å²) in [4.78, 5) is 0. The summed E-state index contributed by atoms with van der Waals surface area (Å²) in [6.45, 7) is -0.0544. The Kier molecular flexibility index (Phi) is 5.45. The van der Waals surface area contributed by atoms with Crippen LogP contribution in [0.1, 0.15) is 5.56 Å². The summed E-state index contributed by atoms with van der Waals surface area (Å²) in [7, 11) is 0. The number of nitrogens with zero attached hydrogens (tertiary/aromatic N) is 2. The number of aliphatic hydroxyl groups excluding tert-OH is 1. The standard InChI is InChI=1S/C15H17F2N5O/c16-10-7-11(17)9-12(8-10)20-14-4-2-1-3-13(14)15(18)21-22(19)5-6-23/h1-4,7-9,20,23H,5-6,19H2,(H2,18,21). The van der Waals surface area contributed by atoms with Gasteiger partial charge in [0.25, 0.3) is 0 Å². The maximum absolute atomic E-state index is 13.3. The van der Waals surface area contributed by atoms with Gasteiger partial charge in [-0.2, -0.15) is 0 Å². The number of para-hydroxylation sites is 1. The number of amidine groups is 1. The van der Waals surface area contributed by atoms with Crippen molar-refractivity contribution in [2.24, 2.45) is 16.7 Å². The van der Waals surface area contributed by atoms with E-state index >= 15 is 0 Å². The molecule has 0 aliphatic heterocycles. The van der Waals surface area contributed by atoms with Crippen molar-refractivity contribution < 1.29 is 13.9 Å². The molecule has 0 bridgehead atoms. The molecular weight excluding hydrogens is 304 g/mol. The van der Waals surface area contributed by atoms with E-state index in [4.69, 9.17) is 16.7 Å². The predicted octanol–water partition coefficient (Wildman–Crippen LogP) is 1.50. The molecule has 6 N–H and O–H groups in total. The second kappa shape index (κ2) is 7.52. The molecule has 0 saturated heterocycles. The first-order valence-electron chi connectivity index (χ1n) is 6.79. The van der Waals surface area contributed by atoms with Crippen LogP contribution in [-0.4, -0.2) is 29.2 Å². The van der Waals surface area contributed by atoms with E-state index in [0.29, 0.717) is 11.3 Å². The Morgan fingerprint density at radius 2 is 1.83 bits per heavy atom. The van der Waals surface area contributed by atoms with Crippen molar-refractivity contribution in [3.05, 3.63) is 59.7 Å². The molecule has 2 aromatic rings. The minimum absolute atomic E-state index is 0.0981. The van der Waals surface area contributed by atoms with Crippen molar-refractivity contribution in [2.75, 3.05) is 18.5 Å². The van der Waals surface area contributed by atoms with E-state index in [1.165, 1.54) is 0 Å². The third-order valence-corrected chi connectivity index (χ3v) is 2.91. The molecule has 0 saturated carbocycles. The highest BCUT2D eigenvalue weighted by molar-refractivity contribution is 6.02. The van der Waals surface area contributed by atoms with Crippen molar-refractivity contribution in [3.8, 4) is 0 Å². The number of hydrogen-bond donors (Lipinski definition) is 4. The zero-order chi connectivity index (χ0) is 16.8. The van der Waals surface area contributed by atoms with E-state index in [2.05, 4.69) is 10.4 Å². The minimum Gasteiger partial charge on any atom is -0.394 e. The summed E-state index contributed by atoms with van der Waals surface area (Å²) in [5.74, 6) is 4.27. The number of hydrogen-bond acceptors (Lipinski definition) is 5. The Morgan fingerprint density at radius 3 is 2.48 bits per heavy atom. The summed E-state index contributed by atoms with van der Waals surface area (Å²) in [5, 5.41) is 16.6. The monoisotopic (exact) mass is 321 g/mol. The molecule has 23 heavy (non-hydrogen) atoms. The molecule has 0 amide bonds. The van der Waals surface area contributed by atoms with Gasteiger partial charge >= 0.3 is 0 Å². The van der Waals surface area contributed by atoms with Crippen LogP contribution in [0.4, 0.5) is 20.2 Å². The fraction of sp³-hybridized carbons (Fsp3) is 0.133. The molecule has 0 aliphatic carbocycles. The third-order valence-electron chi connectivity index (χ3n) is 2.91. The first-order valence-corrected chi connectivity index (χ1v) is 6.79. The molecule has 6 nitrogen and oxygen atoms in total. The fourth-order valence-corrected chi connectivity index (χ4v) is 1.94. The average Bonchev–Trinajstić information content (AvgIpc) is 2.46. The van der Waals surface area contributed by atoms with E-state index in [0.717, 1.165) is 23.3 Å². The predicted molar refractivity (Wildman–Crippen MR) is 84.8 cm³/mol. The lowest BCUT2D eigenvalue weighted by atomic mass is 10.1. The molecule has 2 rings (SSSR count). The molecule has 0 fully saturated rings. The normalized spacial score (nSPS) is 11.4. The summed E-state index contributed by atoms with van der Waals surface area (Å²) < 4.78 is 26.5. The second-order valence-corrected chi connectivity index (χ2v) is 4.70. The maximum atomic E-state index is 13.3. The molecule has 0 unspecified atom stereocenters. The highest BCUT2D eigenvalue weighted by Gasteiger charge is 2.09. The van der Waals surface area contributed by atoms with Crippen LogP contribution in [0, 0.1) is 11.6 Å². The topological polar surface area (TPSA) is 99.9 Å². The SMILES string of the molecule is N/C(=N\N(N)CCO)c1ccccc1Nc1cc(F)cc(F)c1. The van der Waals surface area contributed by atoms with Gasteiger partial charge in [-0.15, -0.1) is 5.10 Å². The Hall–Kier alpha value is -2.71. The van der Waals surface area contributed by atoms with Crippen LogP contribution in [0.2, 0.25) is 0 Å². The van der Waals surface area contributed by atoms with Gasteiger partial charge in [0.05, 0.1) is 13.2 Å². The van der Waals surface area contributed by atoms with Gasteiger partial charge in [-0.05, 0) is 24.3 Å². The first-order chi connectivity index (χ1) is 11.0. The largest absolute Gasteiger partial charge is 0.394 e. The third kappa shape index (κ3) is 4.63. The van der Waals surface area contributed by atoms with Crippen LogP contribution in [0.5, 0.6) is 0 Å². The summed E-state index contributed by atoms with van der Waals surface area (Å²) in [6.07, 6.45) is 0. The Morgan fingerprint density at radius 1 is 1.17 bits per heavy atom. The number of nitrogens with one attached hydrogen (secondary N) is 1. The summed E-state index contributed by atoms with van der Waals surface area (Å²) >= 11 is 0. The van der Waals surface area contributed by atoms with Crippen molar-refractivity contribution in [3.63, 3.8) is 0 Å². The number of benzene rings is 2. The molecule has 2 aromatic carbocycles. The van der Waals surface area contributed by atoms with Gasteiger partial charge in [0.15, 0.2) is 5.84 Å². The Labute approximate surface area is 132 Å². The van der Waals surface area contributed by atoms with Gasteiger partial charge in [0, 0.05) is 23.0 Å². The lowest BCUT2D eigenvalue weighted by molar-refractivity contribution is 0.204. The zero-order valence-corrected chi connectivity index (χ0v) is 12.2. The zero-order valence-electron chi connectivity index (χ0n) is 12.2. The maximum Gasteiger partial charge on any atom is 0.154 e. The van der Waals surface area contributed by atoms with Gasteiger partial charge in [-0.1, -0.05) is 12.1 Å². The molecule has 0 spiro atoms. The van der Waals surface area contributed by atoms with Gasteiger partial charge < -0.3 is 16.2 Å². The van der Waals surface area contributed by atoms with Gasteiger partial charge in [-0.25, -0.2) is 19.7 Å². The summed E-state index contributed by atoms with van der Waals surface area (Å²) in [6, 6.07) is 9.96. The number of hydrazine groups is 1. The summed E-state index contributed by atoms with van der Waals surface area (Å²) in [5.41, 5.74) is 7.15. The number of hydrazone groups is 1. The molecule has 0 heterocycles. The van der Waals surface area contributed by atoms with Crippen molar-refractivity contribution >= 4 is 17.2 Å². The average molecular weight is 321 g/mol. The van der Waals surface area contributed by atoms with Gasteiger partial charge in [-0.3, -0.25) is 0 Å². The van der Waals surface area contributed by atoms with Crippen LogP contribution in [0.3, 0.4) is 0 Å². The van der Waals surface area contributed by atoms with E-state index < -0.39 is 11.6 Å². The molecule has 122 valence electrons. The minimum atomic E-state index is -0.692. The van der Waals surface area contributed by atoms with Gasteiger partial charge in [0.2, 0.25) is 0 Å². The first kappa shape index (κ1) is 16.7. The number of halogens is 2. The highest BCUT2D eigenvalue weighted by atomic mass is 19.1. The lowest BCUT2D eigenvalue weighted by Crippen LogP contribution is -2.32. The Bertz CT molecular complexity index is 688. The smallest absolute Gasteiger partial charge is 0.154 e. The molecule has 0 atom stereocenters. The molecule has 0 radical (unpaired) electrons. The number of rotatable bonds is 6. The van der Waals surface area contributed by atoms with Crippen LogP contribution >= 0.6 is 0 Å². The van der Waals surface area contributed by atoms with Crippen LogP contribution < -0.4 is 16.9 Å². The number of nitrogens with two attached hydrogens (primary N) is 2. The van der Waals surface area contributed by atoms with Gasteiger partial charge in [0.1, 0.15) is 11.6 Å². The fourth-order valence-electron chi connectivity index (χ4n) is 1.94. The Balaban J connectivity index is 2.30. The number of anilines is 2. The van der Waals surface area contributed by atoms with E-state index in [9.17, 15) is 8.78 Å². The van der Waals surface area contributed by atoms with Crippen LogP contribution in [-0.2, 0) is 0 Å². The highest BCUT2D eigenvalue weighted by Crippen LogP contribution is 2.22. The van der Waals surface area contributed by atoms with Crippen molar-refractivity contribution in [1.82, 2.24) is 5.12 Å². The van der Waals surface area contributed by atoms with Crippen LogP contribution in [0.25, 0.3) is 0 Å². The molecule has 0 aromatic heterocycles. The molecular formula is C15H17F2N5O. The van der Waals surface area contributed by atoms with Crippen molar-refractivity contribution in [1.29, 1.82) is 0 Å². The van der Waals surface area contributed by atoms with Crippen molar-refractivity contribution in [2.45, 2.75) is 0 Å². The lowest BCUT2D eigenvalue weighted by Gasteiger charge is -2.15. The number of aliphatic hydroxyl groups is 1. The van der Waals surface area contributed by atoms with Crippen LogP contribution in [0.15, 0.2) is 47.6 Å². The van der Waals surface area contributed by atoms with E-state index in [-0.39, 0.29) is 24.7 Å². The molecule has 8 heteroatoms. The van der Waals surface area contributed by atoms with E-state index in [1.807, 2.05) is 0 Å². The second-order valence-electron chi connectivity index (χ2n) is 4.70. The van der Waals surface area contributed by atoms with E-state index in [1.54, 1.807) is 24.3 Å². The molecule has 0 aliphatic rings. The quantitative estimate of drug-likeness (QED) is 0.280.